The van der Waals surface area contributed by atoms with Crippen LogP contribution in [0.2, 0.25) is 0 Å². The van der Waals surface area contributed by atoms with Crippen molar-refractivity contribution in [3.8, 4) is 5.75 Å². The molecular weight excluding hydrogens is 404 g/mol. The van der Waals surface area contributed by atoms with Gasteiger partial charge in [-0.15, -0.1) is 0 Å². The molecule has 4 N–H and O–H groups in total. The summed E-state index contributed by atoms with van der Waals surface area (Å²) in [7, 11) is -4.66. The summed E-state index contributed by atoms with van der Waals surface area (Å²) < 4.78 is 39.5. The van der Waals surface area contributed by atoms with Gasteiger partial charge in [0.05, 0.1) is 6.61 Å². The van der Waals surface area contributed by atoms with Crippen molar-refractivity contribution in [3.05, 3.63) is 29.8 Å². The van der Waals surface area contributed by atoms with E-state index in [9.17, 15) is 28.8 Å². The number of benzene rings is 1. The van der Waals surface area contributed by atoms with Gasteiger partial charge in [0.1, 0.15) is 30.2 Å². The van der Waals surface area contributed by atoms with Crippen LogP contribution in [0.15, 0.2) is 24.3 Å². The zero-order valence-corrected chi connectivity index (χ0v) is 17.2. The van der Waals surface area contributed by atoms with Gasteiger partial charge in [0.15, 0.2) is 0 Å². The van der Waals surface area contributed by atoms with Crippen LogP contribution in [0.3, 0.4) is 0 Å². The first kappa shape index (κ1) is 24.0. The fourth-order valence-electron chi connectivity index (χ4n) is 3.10. The zero-order valence-electron chi connectivity index (χ0n) is 16.4. The van der Waals surface area contributed by atoms with Crippen molar-refractivity contribution in [2.75, 3.05) is 6.61 Å². The van der Waals surface area contributed by atoms with Gasteiger partial charge < -0.3 is 29.3 Å². The average Bonchev–Trinajstić information content (AvgIpc) is 2.69. The molecule has 166 valence electrons. The van der Waals surface area contributed by atoms with Gasteiger partial charge in [-0.2, -0.15) is 8.42 Å². The van der Waals surface area contributed by atoms with Gasteiger partial charge in [0.25, 0.3) is 0 Å². The summed E-state index contributed by atoms with van der Waals surface area (Å²) in [5, 5.41) is 38.6. The highest BCUT2D eigenvalue weighted by molar-refractivity contribution is 7.82. The van der Waals surface area contributed by atoms with E-state index in [1.165, 1.54) is 6.07 Å². The first-order valence-electron chi connectivity index (χ1n) is 9.80. The molecule has 0 unspecified atom stereocenters. The van der Waals surface area contributed by atoms with Crippen LogP contribution in [0.1, 0.15) is 44.6 Å². The molecule has 5 atom stereocenters. The summed E-state index contributed by atoms with van der Waals surface area (Å²) in [6, 6.07) is 6.66. The standard InChI is InChI=1S/C19H30O9S/c1-2-3-4-5-6-9-13-10-7-8-11-14(13)27-29(24,25)28-19-18(23)17(22)16(21)15(12-20)26-19/h7-8,10-11,15-23H,2-6,9,12H2,1H3/t15-,16-,17+,18-,19+/m1/s1. The Hall–Kier alpha value is -1.27. The largest absolute Gasteiger partial charge is 0.451 e. The predicted octanol–water partition coefficient (Wildman–Crippen LogP) is 0.640. The third kappa shape index (κ3) is 6.88. The second-order valence-electron chi connectivity index (χ2n) is 7.06. The number of aliphatic hydroxyl groups excluding tert-OH is 4. The van der Waals surface area contributed by atoms with Gasteiger partial charge in [-0.25, -0.2) is 4.18 Å². The molecule has 1 aromatic carbocycles. The normalized spacial score (nSPS) is 27.7. The molecule has 2 rings (SSSR count). The quantitative estimate of drug-likeness (QED) is 0.369. The van der Waals surface area contributed by atoms with Crippen LogP contribution in [-0.2, 0) is 25.7 Å². The van der Waals surface area contributed by atoms with Gasteiger partial charge >= 0.3 is 10.4 Å². The molecule has 1 saturated heterocycles. The number of ether oxygens (including phenoxy) is 1. The molecular formula is C19H30O9S. The highest BCUT2D eigenvalue weighted by Crippen LogP contribution is 2.26. The molecule has 0 bridgehead atoms. The molecule has 0 spiro atoms. The van der Waals surface area contributed by atoms with E-state index in [1.807, 2.05) is 0 Å². The molecule has 1 heterocycles. The third-order valence-corrected chi connectivity index (χ3v) is 5.58. The Morgan fingerprint density at radius 3 is 2.38 bits per heavy atom. The third-order valence-electron chi connectivity index (χ3n) is 4.78. The van der Waals surface area contributed by atoms with Gasteiger partial charge in [-0.05, 0) is 24.5 Å². The second-order valence-corrected chi connectivity index (χ2v) is 8.23. The van der Waals surface area contributed by atoms with Gasteiger partial charge in [0, 0.05) is 0 Å². The van der Waals surface area contributed by atoms with Crippen LogP contribution in [-0.4, -0.2) is 66.2 Å². The topological polar surface area (TPSA) is 143 Å². The lowest BCUT2D eigenvalue weighted by Gasteiger charge is -2.38. The smallest absolute Gasteiger partial charge is 0.394 e. The molecule has 1 aliphatic rings. The molecule has 1 fully saturated rings. The Balaban J connectivity index is 2.02. The van der Waals surface area contributed by atoms with Crippen molar-refractivity contribution in [2.24, 2.45) is 0 Å². The van der Waals surface area contributed by atoms with Crippen molar-refractivity contribution in [1.82, 2.24) is 0 Å². The molecule has 29 heavy (non-hydrogen) atoms. The number of para-hydroxylation sites is 1. The van der Waals surface area contributed by atoms with Crippen molar-refractivity contribution < 1.29 is 41.9 Å². The minimum absolute atomic E-state index is 0.104. The van der Waals surface area contributed by atoms with Gasteiger partial charge in [0.2, 0.25) is 6.29 Å². The van der Waals surface area contributed by atoms with E-state index >= 15 is 0 Å². The van der Waals surface area contributed by atoms with E-state index in [0.717, 1.165) is 32.1 Å². The molecule has 1 aromatic rings. The molecule has 0 radical (unpaired) electrons. The van der Waals surface area contributed by atoms with Crippen molar-refractivity contribution in [1.29, 1.82) is 0 Å². The molecule has 1 aliphatic heterocycles. The highest BCUT2D eigenvalue weighted by Gasteiger charge is 2.46. The highest BCUT2D eigenvalue weighted by atomic mass is 32.3. The number of aliphatic hydroxyl groups is 4. The molecule has 0 aromatic heterocycles. The maximum Gasteiger partial charge on any atom is 0.451 e. The summed E-state index contributed by atoms with van der Waals surface area (Å²) in [6.45, 7) is 1.43. The van der Waals surface area contributed by atoms with Crippen molar-refractivity contribution >= 4 is 10.4 Å². The first-order valence-corrected chi connectivity index (χ1v) is 11.1. The molecule has 0 saturated carbocycles. The fourth-order valence-corrected chi connectivity index (χ4v) is 3.92. The van der Waals surface area contributed by atoms with Crippen molar-refractivity contribution in [2.45, 2.75) is 76.2 Å². The van der Waals surface area contributed by atoms with Crippen LogP contribution in [0.25, 0.3) is 0 Å². The van der Waals surface area contributed by atoms with Crippen LogP contribution in [0.5, 0.6) is 5.75 Å². The average molecular weight is 435 g/mol. The number of unbranched alkanes of at least 4 members (excludes halogenated alkanes) is 4. The Bertz CT molecular complexity index is 722. The van der Waals surface area contributed by atoms with Crippen LogP contribution < -0.4 is 4.18 Å². The zero-order chi connectivity index (χ0) is 21.4. The molecule has 9 nitrogen and oxygen atoms in total. The lowest BCUT2D eigenvalue weighted by Crippen LogP contribution is -2.59. The van der Waals surface area contributed by atoms with Crippen LogP contribution >= 0.6 is 0 Å². The Morgan fingerprint density at radius 1 is 1.00 bits per heavy atom. The maximum atomic E-state index is 12.3. The Kier molecular flexibility index (Phi) is 9.28. The van der Waals surface area contributed by atoms with E-state index in [-0.39, 0.29) is 5.75 Å². The van der Waals surface area contributed by atoms with E-state index in [2.05, 4.69) is 6.92 Å². The summed E-state index contributed by atoms with van der Waals surface area (Å²) >= 11 is 0. The summed E-state index contributed by atoms with van der Waals surface area (Å²) in [5.41, 5.74) is 0.699. The fraction of sp³-hybridized carbons (Fsp3) is 0.684. The van der Waals surface area contributed by atoms with Crippen molar-refractivity contribution in [3.63, 3.8) is 0 Å². The minimum atomic E-state index is -4.66. The van der Waals surface area contributed by atoms with E-state index in [0.29, 0.717) is 12.0 Å². The van der Waals surface area contributed by atoms with E-state index in [1.54, 1.807) is 18.2 Å². The van der Waals surface area contributed by atoms with Gasteiger partial charge in [-0.1, -0.05) is 50.8 Å². The van der Waals surface area contributed by atoms with Gasteiger partial charge in [-0.3, -0.25) is 0 Å². The number of hydrogen-bond acceptors (Lipinski definition) is 9. The van der Waals surface area contributed by atoms with Crippen LogP contribution in [0.4, 0.5) is 0 Å². The number of rotatable bonds is 11. The van der Waals surface area contributed by atoms with E-state index in [4.69, 9.17) is 13.1 Å². The number of hydrogen-bond donors (Lipinski definition) is 4. The Labute approximate surface area is 171 Å². The predicted molar refractivity (Wildman–Crippen MR) is 103 cm³/mol. The maximum absolute atomic E-state index is 12.3. The summed E-state index contributed by atoms with van der Waals surface area (Å²) in [4.78, 5) is 0. The molecule has 0 aliphatic carbocycles. The monoisotopic (exact) mass is 434 g/mol. The second kappa shape index (κ2) is 11.2. The lowest BCUT2D eigenvalue weighted by atomic mass is 10.00. The summed E-state index contributed by atoms with van der Waals surface area (Å²) in [5.74, 6) is 0.104. The molecule has 0 amide bonds. The lowest BCUT2D eigenvalue weighted by molar-refractivity contribution is -0.277. The SMILES string of the molecule is CCCCCCCc1ccccc1OS(=O)(=O)O[C@@H]1O[C@H](CO)[C@@H](O)[C@H](O)[C@H]1O. The molecule has 10 heteroatoms. The van der Waals surface area contributed by atoms with Crippen LogP contribution in [0, 0.1) is 0 Å². The number of aryl methyl sites for hydroxylation is 1. The first-order chi connectivity index (χ1) is 13.8. The Morgan fingerprint density at radius 2 is 1.69 bits per heavy atom. The summed E-state index contributed by atoms with van der Waals surface area (Å²) in [6.07, 6.45) is -2.41. The van der Waals surface area contributed by atoms with E-state index < -0.39 is 47.7 Å². The minimum Gasteiger partial charge on any atom is -0.394 e.